The lowest BCUT2D eigenvalue weighted by Crippen LogP contribution is -2.25. The second kappa shape index (κ2) is 8.50. The smallest absolute Gasteiger partial charge is 0.126 e. The van der Waals surface area contributed by atoms with Gasteiger partial charge >= 0.3 is 0 Å². The molecular formula is C23H35F. The highest BCUT2D eigenvalue weighted by atomic mass is 19.1. The fourth-order valence-electron chi connectivity index (χ4n) is 5.38. The van der Waals surface area contributed by atoms with Crippen molar-refractivity contribution < 1.29 is 4.39 Å². The molecule has 0 radical (unpaired) electrons. The average molecular weight is 331 g/mol. The Balaban J connectivity index is 1.50. The van der Waals surface area contributed by atoms with Gasteiger partial charge in [-0.05, 0) is 85.8 Å². The molecule has 2 fully saturated rings. The molecule has 0 aliphatic heterocycles. The van der Waals surface area contributed by atoms with E-state index in [2.05, 4.69) is 13.0 Å². The fraction of sp³-hybridized carbons (Fsp3) is 0.739. The van der Waals surface area contributed by atoms with E-state index in [4.69, 9.17) is 0 Å². The third kappa shape index (κ3) is 4.21. The molecule has 1 aromatic rings. The summed E-state index contributed by atoms with van der Waals surface area (Å²) in [6.07, 6.45) is 14.8. The molecule has 1 aromatic carbocycles. The van der Waals surface area contributed by atoms with E-state index in [1.54, 1.807) is 0 Å². The summed E-state index contributed by atoms with van der Waals surface area (Å²) >= 11 is 0. The third-order valence-corrected chi connectivity index (χ3v) is 6.96. The predicted molar refractivity (Wildman–Crippen MR) is 101 cm³/mol. The van der Waals surface area contributed by atoms with E-state index in [9.17, 15) is 4.39 Å². The fourth-order valence-corrected chi connectivity index (χ4v) is 5.38. The first-order valence-corrected chi connectivity index (χ1v) is 10.5. The summed E-state index contributed by atoms with van der Waals surface area (Å²) in [6.45, 7) is 4.35. The lowest BCUT2D eigenvalue weighted by atomic mass is 9.68. The molecule has 0 bridgehead atoms. The molecule has 1 heteroatoms. The molecule has 0 nitrogen and oxygen atoms in total. The summed E-state index contributed by atoms with van der Waals surface area (Å²) in [7, 11) is 0. The van der Waals surface area contributed by atoms with Crippen LogP contribution in [0.1, 0.15) is 95.1 Å². The van der Waals surface area contributed by atoms with Gasteiger partial charge in [0.2, 0.25) is 0 Å². The van der Waals surface area contributed by atoms with Crippen molar-refractivity contribution in [2.45, 2.75) is 90.4 Å². The first-order chi connectivity index (χ1) is 11.7. The van der Waals surface area contributed by atoms with E-state index >= 15 is 0 Å². The summed E-state index contributed by atoms with van der Waals surface area (Å²) in [5.74, 6) is 3.55. The second-order valence-corrected chi connectivity index (χ2v) is 8.39. The van der Waals surface area contributed by atoms with Crippen molar-refractivity contribution in [2.75, 3.05) is 0 Å². The van der Waals surface area contributed by atoms with Gasteiger partial charge in [0, 0.05) is 0 Å². The normalized spacial score (nSPS) is 31.1. The van der Waals surface area contributed by atoms with Crippen LogP contribution in [0, 0.1) is 23.6 Å². The molecule has 0 amide bonds. The van der Waals surface area contributed by atoms with Crippen molar-refractivity contribution >= 4 is 0 Å². The van der Waals surface area contributed by atoms with Crippen LogP contribution >= 0.6 is 0 Å². The quantitative estimate of drug-likeness (QED) is 0.532. The van der Waals surface area contributed by atoms with Gasteiger partial charge in [0.1, 0.15) is 5.82 Å². The van der Waals surface area contributed by atoms with Crippen molar-refractivity contribution in [1.29, 1.82) is 0 Å². The van der Waals surface area contributed by atoms with Crippen LogP contribution in [0.4, 0.5) is 4.39 Å². The van der Waals surface area contributed by atoms with Gasteiger partial charge in [0.25, 0.3) is 0 Å². The number of hydrogen-bond acceptors (Lipinski definition) is 0. The SMILES string of the molecule is CCCC1CCC(C2CCC(c3ccc(CC)c(F)c3)CC2)CC1. The van der Waals surface area contributed by atoms with Crippen molar-refractivity contribution in [2.24, 2.45) is 17.8 Å². The van der Waals surface area contributed by atoms with Gasteiger partial charge in [-0.3, -0.25) is 0 Å². The highest BCUT2D eigenvalue weighted by Gasteiger charge is 2.31. The first-order valence-electron chi connectivity index (χ1n) is 10.5. The number of hydrogen-bond donors (Lipinski definition) is 0. The minimum absolute atomic E-state index is 0.00590. The van der Waals surface area contributed by atoms with Gasteiger partial charge in [0.15, 0.2) is 0 Å². The summed E-state index contributed by atoms with van der Waals surface area (Å²) in [5, 5.41) is 0. The van der Waals surface area contributed by atoms with Crippen LogP contribution < -0.4 is 0 Å². The van der Waals surface area contributed by atoms with E-state index in [1.165, 1.54) is 69.8 Å². The summed E-state index contributed by atoms with van der Waals surface area (Å²) in [6, 6.07) is 6.01. The molecular weight excluding hydrogens is 295 g/mol. The Morgan fingerprint density at radius 3 is 2.04 bits per heavy atom. The Labute approximate surface area is 148 Å². The van der Waals surface area contributed by atoms with Crippen LogP contribution in [-0.2, 0) is 6.42 Å². The lowest BCUT2D eigenvalue weighted by Gasteiger charge is -2.38. The lowest BCUT2D eigenvalue weighted by molar-refractivity contribution is 0.156. The number of aryl methyl sites for hydroxylation is 1. The molecule has 2 aliphatic carbocycles. The van der Waals surface area contributed by atoms with E-state index in [0.29, 0.717) is 5.92 Å². The zero-order valence-electron chi connectivity index (χ0n) is 15.7. The zero-order valence-corrected chi connectivity index (χ0v) is 15.7. The summed E-state index contributed by atoms with van der Waals surface area (Å²) < 4.78 is 14.1. The molecule has 0 N–H and O–H groups in total. The Morgan fingerprint density at radius 1 is 0.875 bits per heavy atom. The van der Waals surface area contributed by atoms with Gasteiger partial charge in [-0.25, -0.2) is 4.39 Å². The average Bonchev–Trinajstić information content (AvgIpc) is 2.63. The molecule has 0 atom stereocenters. The minimum atomic E-state index is 0.00590. The molecule has 0 unspecified atom stereocenters. The van der Waals surface area contributed by atoms with Crippen molar-refractivity contribution in [3.63, 3.8) is 0 Å². The van der Waals surface area contributed by atoms with Crippen LogP contribution in [0.2, 0.25) is 0 Å². The minimum Gasteiger partial charge on any atom is -0.207 e. The van der Waals surface area contributed by atoms with E-state index in [1.807, 2.05) is 19.1 Å². The van der Waals surface area contributed by atoms with Crippen molar-refractivity contribution in [1.82, 2.24) is 0 Å². The highest BCUT2D eigenvalue weighted by Crippen LogP contribution is 2.44. The van der Waals surface area contributed by atoms with Gasteiger partial charge in [-0.2, -0.15) is 0 Å². The number of rotatable bonds is 5. The van der Waals surface area contributed by atoms with E-state index in [0.717, 1.165) is 29.7 Å². The Morgan fingerprint density at radius 2 is 1.50 bits per heavy atom. The van der Waals surface area contributed by atoms with Crippen LogP contribution in [0.5, 0.6) is 0 Å². The third-order valence-electron chi connectivity index (χ3n) is 6.96. The van der Waals surface area contributed by atoms with Crippen LogP contribution in [0.25, 0.3) is 0 Å². The van der Waals surface area contributed by atoms with Crippen LogP contribution in [0.15, 0.2) is 18.2 Å². The molecule has 0 aromatic heterocycles. The maximum atomic E-state index is 14.1. The first kappa shape index (κ1) is 18.0. The second-order valence-electron chi connectivity index (χ2n) is 8.39. The van der Waals surface area contributed by atoms with Crippen molar-refractivity contribution in [3.05, 3.63) is 35.1 Å². The predicted octanol–water partition coefficient (Wildman–Crippen LogP) is 7.27. The van der Waals surface area contributed by atoms with Crippen molar-refractivity contribution in [3.8, 4) is 0 Å². The molecule has 3 rings (SSSR count). The van der Waals surface area contributed by atoms with Gasteiger partial charge < -0.3 is 0 Å². The Kier molecular flexibility index (Phi) is 6.36. The maximum Gasteiger partial charge on any atom is 0.126 e. The topological polar surface area (TPSA) is 0 Å². The number of benzene rings is 1. The standard InChI is InChI=1S/C23H35F/c1-3-5-17-6-8-19(9-7-17)20-11-13-21(14-12-20)22-15-10-18(4-2)23(24)16-22/h10,15-17,19-21H,3-9,11-14H2,1-2H3. The van der Waals surface area contributed by atoms with Crippen LogP contribution in [0.3, 0.4) is 0 Å². The molecule has 2 aliphatic rings. The van der Waals surface area contributed by atoms with Crippen LogP contribution in [-0.4, -0.2) is 0 Å². The summed E-state index contributed by atoms with van der Waals surface area (Å²) in [4.78, 5) is 0. The Hall–Kier alpha value is -0.850. The highest BCUT2D eigenvalue weighted by molar-refractivity contribution is 5.27. The van der Waals surface area contributed by atoms with Gasteiger partial charge in [0.05, 0.1) is 0 Å². The van der Waals surface area contributed by atoms with Gasteiger partial charge in [-0.1, -0.05) is 51.7 Å². The monoisotopic (exact) mass is 330 g/mol. The zero-order chi connectivity index (χ0) is 16.9. The van der Waals surface area contributed by atoms with Gasteiger partial charge in [-0.15, -0.1) is 0 Å². The Bertz CT molecular complexity index is 505. The number of halogens is 1. The maximum absolute atomic E-state index is 14.1. The molecule has 24 heavy (non-hydrogen) atoms. The molecule has 0 spiro atoms. The summed E-state index contributed by atoms with van der Waals surface area (Å²) in [5.41, 5.74) is 2.10. The molecule has 2 saturated carbocycles. The largest absolute Gasteiger partial charge is 0.207 e. The van der Waals surface area contributed by atoms with E-state index < -0.39 is 0 Å². The van der Waals surface area contributed by atoms with E-state index in [-0.39, 0.29) is 5.82 Å². The molecule has 0 saturated heterocycles. The molecule has 0 heterocycles. The molecule has 134 valence electrons.